The summed E-state index contributed by atoms with van der Waals surface area (Å²) < 4.78 is 28.6. The topological polar surface area (TPSA) is 100 Å². The van der Waals surface area contributed by atoms with Gasteiger partial charge in [-0.05, 0) is 43.9 Å². The van der Waals surface area contributed by atoms with Crippen LogP contribution in [0, 0.1) is 0 Å². The maximum Gasteiger partial charge on any atom is 0.274 e. The van der Waals surface area contributed by atoms with Crippen molar-refractivity contribution < 1.29 is 18.7 Å². The zero-order valence-corrected chi connectivity index (χ0v) is 18.4. The Morgan fingerprint density at radius 2 is 2.18 bits per heavy atom. The molecular formula is C24H24FN5O4. The van der Waals surface area contributed by atoms with Crippen molar-refractivity contribution in [3.63, 3.8) is 0 Å². The number of fused-ring (bicyclic) bond motifs is 3. The number of halogens is 1. The normalized spacial score (nSPS) is 29.5. The van der Waals surface area contributed by atoms with Crippen LogP contribution in [0.2, 0.25) is 0 Å². The van der Waals surface area contributed by atoms with Crippen LogP contribution >= 0.6 is 0 Å². The fourth-order valence-electron chi connectivity index (χ4n) is 5.15. The SMILES string of the molecule is O=C(Nc1cccn([C@H]2C[C@H]2F)c1=O)c1cc2cn([C@]34CC[C@H](C3)OC4)nc2nc1OC1CC1. The van der Waals surface area contributed by atoms with E-state index in [1.54, 1.807) is 18.3 Å². The van der Waals surface area contributed by atoms with Crippen molar-refractivity contribution in [2.75, 3.05) is 11.9 Å². The summed E-state index contributed by atoms with van der Waals surface area (Å²) in [6.07, 6.45) is 7.85. The highest BCUT2D eigenvalue weighted by molar-refractivity contribution is 6.07. The van der Waals surface area contributed by atoms with Gasteiger partial charge in [0.15, 0.2) is 5.65 Å². The summed E-state index contributed by atoms with van der Waals surface area (Å²) in [4.78, 5) is 30.7. The number of alkyl halides is 1. The molecule has 10 heteroatoms. The van der Waals surface area contributed by atoms with Gasteiger partial charge in [-0.15, -0.1) is 0 Å². The minimum Gasteiger partial charge on any atom is -0.474 e. The Morgan fingerprint density at radius 1 is 1.32 bits per heavy atom. The maximum absolute atomic E-state index is 13.5. The van der Waals surface area contributed by atoms with E-state index < -0.39 is 23.7 Å². The summed E-state index contributed by atoms with van der Waals surface area (Å²) in [5.74, 6) is -0.284. The Morgan fingerprint density at radius 3 is 2.85 bits per heavy atom. The lowest BCUT2D eigenvalue weighted by molar-refractivity contribution is 0.0509. The van der Waals surface area contributed by atoms with Gasteiger partial charge >= 0.3 is 0 Å². The average Bonchev–Trinajstić information content (AvgIpc) is 3.62. The number of amides is 1. The second-order valence-corrected chi connectivity index (χ2v) is 9.95. The number of carbonyl (C=O) groups excluding carboxylic acids is 1. The highest BCUT2D eigenvalue weighted by Gasteiger charge is 2.48. The van der Waals surface area contributed by atoms with Crippen LogP contribution in [-0.4, -0.2) is 50.2 Å². The molecule has 4 aliphatic rings. The lowest BCUT2D eigenvalue weighted by Gasteiger charge is -2.25. The Kier molecular flexibility index (Phi) is 4.21. The molecule has 4 heterocycles. The van der Waals surface area contributed by atoms with Crippen LogP contribution < -0.4 is 15.6 Å². The summed E-state index contributed by atoms with van der Waals surface area (Å²) in [5, 5.41) is 8.13. The minimum absolute atomic E-state index is 0.0290. The lowest BCUT2D eigenvalue weighted by atomic mass is 10.0. The van der Waals surface area contributed by atoms with E-state index in [1.165, 1.54) is 10.6 Å². The van der Waals surface area contributed by atoms with Crippen LogP contribution in [0.15, 0.2) is 35.4 Å². The molecule has 4 atom stereocenters. The maximum atomic E-state index is 13.5. The van der Waals surface area contributed by atoms with Gasteiger partial charge in [-0.25, -0.2) is 4.39 Å². The first kappa shape index (κ1) is 20.1. The van der Waals surface area contributed by atoms with E-state index in [9.17, 15) is 14.0 Å². The number of hydrogen-bond donors (Lipinski definition) is 1. The molecule has 1 aliphatic heterocycles. The van der Waals surface area contributed by atoms with Crippen molar-refractivity contribution in [2.24, 2.45) is 0 Å². The second-order valence-electron chi connectivity index (χ2n) is 9.95. The minimum atomic E-state index is -1.02. The van der Waals surface area contributed by atoms with E-state index in [0.717, 1.165) is 37.5 Å². The zero-order chi connectivity index (χ0) is 23.0. The standard InChI is InChI=1S/C24H24FN5O4/c25-17-9-19(17)29-7-1-2-18(23(29)32)26-21(31)16-8-13-11-30(24-6-5-15(10-24)33-12-24)28-20(13)27-22(16)34-14-3-4-14/h1-2,7-8,11,14-15,17,19H,3-6,9-10,12H2,(H,26,31)/t15-,17-,19+,24-/m1/s1. The van der Waals surface area contributed by atoms with E-state index >= 15 is 0 Å². The Hall–Kier alpha value is -3.27. The van der Waals surface area contributed by atoms with E-state index in [-0.39, 0.29) is 34.9 Å². The molecule has 34 heavy (non-hydrogen) atoms. The van der Waals surface area contributed by atoms with Gasteiger partial charge in [-0.3, -0.25) is 14.3 Å². The Labute approximate surface area is 193 Å². The summed E-state index contributed by atoms with van der Waals surface area (Å²) in [7, 11) is 0. The number of rotatable bonds is 6. The van der Waals surface area contributed by atoms with Crippen LogP contribution in [0.5, 0.6) is 5.88 Å². The molecule has 0 unspecified atom stereocenters. The smallest absolute Gasteiger partial charge is 0.274 e. The van der Waals surface area contributed by atoms with Gasteiger partial charge < -0.3 is 19.4 Å². The largest absolute Gasteiger partial charge is 0.474 e. The second kappa shape index (κ2) is 7.11. The third-order valence-electron chi connectivity index (χ3n) is 7.38. The van der Waals surface area contributed by atoms with Crippen LogP contribution in [0.25, 0.3) is 11.0 Å². The van der Waals surface area contributed by atoms with E-state index in [1.807, 2.05) is 10.9 Å². The third-order valence-corrected chi connectivity index (χ3v) is 7.38. The van der Waals surface area contributed by atoms with E-state index in [4.69, 9.17) is 14.6 Å². The molecule has 3 saturated carbocycles. The van der Waals surface area contributed by atoms with E-state index in [2.05, 4.69) is 10.3 Å². The summed E-state index contributed by atoms with van der Waals surface area (Å²) in [6, 6.07) is 4.41. The average molecular weight is 465 g/mol. The van der Waals surface area contributed by atoms with Gasteiger partial charge in [-0.2, -0.15) is 10.1 Å². The van der Waals surface area contributed by atoms with Crippen LogP contribution in [0.3, 0.4) is 0 Å². The number of hydrogen-bond acceptors (Lipinski definition) is 6. The van der Waals surface area contributed by atoms with Crippen LogP contribution in [0.4, 0.5) is 10.1 Å². The number of nitrogens with zero attached hydrogens (tertiary/aromatic N) is 4. The van der Waals surface area contributed by atoms with Crippen molar-refractivity contribution >= 4 is 22.6 Å². The fraction of sp³-hybridized carbons (Fsp3) is 0.500. The van der Waals surface area contributed by atoms with Crippen molar-refractivity contribution in [1.29, 1.82) is 0 Å². The van der Waals surface area contributed by atoms with Gasteiger partial charge in [0.1, 0.15) is 23.5 Å². The molecule has 1 saturated heterocycles. The number of ether oxygens (including phenoxy) is 2. The first-order chi connectivity index (χ1) is 16.5. The van der Waals surface area contributed by atoms with Crippen molar-refractivity contribution in [1.82, 2.24) is 19.3 Å². The molecule has 2 bridgehead atoms. The third kappa shape index (κ3) is 3.23. The zero-order valence-electron chi connectivity index (χ0n) is 18.4. The molecule has 3 aromatic rings. The van der Waals surface area contributed by atoms with Gasteiger partial charge in [0.25, 0.3) is 11.5 Å². The quantitative estimate of drug-likeness (QED) is 0.601. The molecule has 7 rings (SSSR count). The molecular weight excluding hydrogens is 441 g/mol. The van der Waals surface area contributed by atoms with Crippen molar-refractivity contribution in [2.45, 2.75) is 68.5 Å². The fourth-order valence-corrected chi connectivity index (χ4v) is 5.15. The molecule has 0 radical (unpaired) electrons. The first-order valence-corrected chi connectivity index (χ1v) is 11.8. The highest BCUT2D eigenvalue weighted by atomic mass is 19.1. The van der Waals surface area contributed by atoms with Gasteiger partial charge in [0.05, 0.1) is 24.3 Å². The molecule has 9 nitrogen and oxygen atoms in total. The summed E-state index contributed by atoms with van der Waals surface area (Å²) >= 11 is 0. The van der Waals surface area contributed by atoms with Gasteiger partial charge in [0.2, 0.25) is 5.88 Å². The van der Waals surface area contributed by atoms with Gasteiger partial charge in [0, 0.05) is 30.6 Å². The van der Waals surface area contributed by atoms with Crippen molar-refractivity contribution in [3.05, 3.63) is 46.5 Å². The molecule has 176 valence electrons. The predicted octanol–water partition coefficient (Wildman–Crippen LogP) is 2.95. The number of carbonyl (C=O) groups is 1. The number of nitrogens with one attached hydrogen (secondary N) is 1. The van der Waals surface area contributed by atoms with Crippen LogP contribution in [-0.2, 0) is 10.3 Å². The van der Waals surface area contributed by atoms with Crippen molar-refractivity contribution in [3.8, 4) is 5.88 Å². The predicted molar refractivity (Wildman–Crippen MR) is 120 cm³/mol. The summed E-state index contributed by atoms with van der Waals surface area (Å²) in [6.45, 7) is 0.630. The number of aromatic nitrogens is 4. The lowest BCUT2D eigenvalue weighted by Crippen LogP contribution is -2.33. The van der Waals surface area contributed by atoms with Gasteiger partial charge in [-0.1, -0.05) is 0 Å². The monoisotopic (exact) mass is 465 g/mol. The number of anilines is 1. The van der Waals surface area contributed by atoms with Crippen LogP contribution in [0.1, 0.15) is 54.9 Å². The van der Waals surface area contributed by atoms with E-state index in [0.29, 0.717) is 18.7 Å². The number of pyridine rings is 2. The Bertz CT molecular complexity index is 1370. The molecule has 1 N–H and O–H groups in total. The summed E-state index contributed by atoms with van der Waals surface area (Å²) in [5.41, 5.74) is 0.273. The Balaban J connectivity index is 1.24. The molecule has 0 spiro atoms. The molecule has 0 aromatic carbocycles. The molecule has 1 amide bonds. The molecule has 3 aliphatic carbocycles. The highest BCUT2D eigenvalue weighted by Crippen LogP contribution is 2.45. The molecule has 4 fully saturated rings. The molecule has 3 aromatic heterocycles. The first-order valence-electron chi connectivity index (χ1n) is 11.8.